The van der Waals surface area contributed by atoms with Gasteiger partial charge in [0.1, 0.15) is 0 Å². The van der Waals surface area contributed by atoms with Crippen molar-refractivity contribution in [3.63, 3.8) is 0 Å². The molecule has 0 saturated heterocycles. The number of rotatable bonds is 7. The molecule has 4 heteroatoms. The maximum absolute atomic E-state index is 5.32. The first kappa shape index (κ1) is 15.3. The molecule has 1 N–H and O–H groups in total. The Morgan fingerprint density at radius 1 is 1.14 bits per heavy atom. The van der Waals surface area contributed by atoms with Gasteiger partial charge in [-0.1, -0.05) is 12.1 Å². The number of hydrogen-bond donors (Lipinski definition) is 1. The van der Waals surface area contributed by atoms with Gasteiger partial charge in [-0.2, -0.15) is 0 Å². The van der Waals surface area contributed by atoms with Crippen LogP contribution < -0.4 is 14.8 Å². The molecule has 0 unspecified atom stereocenters. The second-order valence-electron chi connectivity index (χ2n) is 4.90. The van der Waals surface area contributed by atoms with Crippen molar-refractivity contribution in [3.05, 3.63) is 53.9 Å². The fourth-order valence-electron chi connectivity index (χ4n) is 2.22. The van der Waals surface area contributed by atoms with Crippen molar-refractivity contribution < 1.29 is 9.47 Å². The first-order chi connectivity index (χ1) is 10.2. The highest BCUT2D eigenvalue weighted by atomic mass is 16.5. The standard InChI is InChI=1S/C17H22N2O2/c1-13(15-5-4-9-18-12-15)19-10-8-14-6-7-16(20-2)17(11-14)21-3/h4-7,9,11-13,19H,8,10H2,1-3H3/t13-/m1/s1. The molecule has 0 bridgehead atoms. The largest absolute Gasteiger partial charge is 0.493 e. The summed E-state index contributed by atoms with van der Waals surface area (Å²) in [4.78, 5) is 4.14. The first-order valence-electron chi connectivity index (χ1n) is 7.09. The number of methoxy groups -OCH3 is 2. The summed E-state index contributed by atoms with van der Waals surface area (Å²) in [5.74, 6) is 1.54. The molecule has 1 atom stereocenters. The monoisotopic (exact) mass is 286 g/mol. The smallest absolute Gasteiger partial charge is 0.160 e. The van der Waals surface area contributed by atoms with E-state index in [1.807, 2.05) is 24.4 Å². The van der Waals surface area contributed by atoms with Gasteiger partial charge in [0.2, 0.25) is 0 Å². The molecule has 2 aromatic rings. The predicted molar refractivity (Wildman–Crippen MR) is 83.9 cm³/mol. The van der Waals surface area contributed by atoms with E-state index in [1.165, 1.54) is 11.1 Å². The summed E-state index contributed by atoms with van der Waals surface area (Å²) in [5, 5.41) is 3.50. The molecule has 4 nitrogen and oxygen atoms in total. The third-order valence-corrected chi connectivity index (χ3v) is 3.50. The molecule has 0 spiro atoms. The Morgan fingerprint density at radius 2 is 1.95 bits per heavy atom. The van der Waals surface area contributed by atoms with Gasteiger partial charge in [0, 0.05) is 18.4 Å². The van der Waals surface area contributed by atoms with Crippen LogP contribution in [0.25, 0.3) is 0 Å². The van der Waals surface area contributed by atoms with E-state index in [9.17, 15) is 0 Å². The van der Waals surface area contributed by atoms with E-state index in [-0.39, 0.29) is 0 Å². The van der Waals surface area contributed by atoms with E-state index in [1.54, 1.807) is 20.4 Å². The first-order valence-corrected chi connectivity index (χ1v) is 7.09. The predicted octanol–water partition coefficient (Wildman–Crippen LogP) is 2.99. The normalized spacial score (nSPS) is 12.0. The van der Waals surface area contributed by atoms with Gasteiger partial charge in [0.05, 0.1) is 14.2 Å². The molecule has 0 amide bonds. The zero-order valence-electron chi connectivity index (χ0n) is 12.8. The van der Waals surface area contributed by atoms with Crippen LogP contribution in [0, 0.1) is 0 Å². The molecule has 1 aromatic carbocycles. The summed E-state index contributed by atoms with van der Waals surface area (Å²) in [6.45, 7) is 3.04. The van der Waals surface area contributed by atoms with Crippen LogP contribution in [0.4, 0.5) is 0 Å². The minimum absolute atomic E-state index is 0.291. The van der Waals surface area contributed by atoms with Crippen LogP contribution in [0.2, 0.25) is 0 Å². The van der Waals surface area contributed by atoms with E-state index in [0.29, 0.717) is 6.04 Å². The minimum atomic E-state index is 0.291. The Bertz CT molecular complexity index is 558. The van der Waals surface area contributed by atoms with E-state index >= 15 is 0 Å². The topological polar surface area (TPSA) is 43.4 Å². The van der Waals surface area contributed by atoms with Crippen LogP contribution in [0.3, 0.4) is 0 Å². The van der Waals surface area contributed by atoms with Crippen molar-refractivity contribution in [2.45, 2.75) is 19.4 Å². The number of hydrogen-bond acceptors (Lipinski definition) is 4. The lowest BCUT2D eigenvalue weighted by molar-refractivity contribution is 0.354. The molecule has 0 aliphatic rings. The van der Waals surface area contributed by atoms with Crippen molar-refractivity contribution in [2.75, 3.05) is 20.8 Å². The fourth-order valence-corrected chi connectivity index (χ4v) is 2.22. The van der Waals surface area contributed by atoms with Gasteiger partial charge in [-0.15, -0.1) is 0 Å². The maximum atomic E-state index is 5.32. The number of nitrogens with one attached hydrogen (secondary N) is 1. The molecule has 2 rings (SSSR count). The van der Waals surface area contributed by atoms with Gasteiger partial charge < -0.3 is 14.8 Å². The van der Waals surface area contributed by atoms with Crippen molar-refractivity contribution in [1.29, 1.82) is 0 Å². The van der Waals surface area contributed by atoms with Gasteiger partial charge in [-0.25, -0.2) is 0 Å². The summed E-state index contributed by atoms with van der Waals surface area (Å²) < 4.78 is 10.6. The molecule has 0 saturated carbocycles. The van der Waals surface area contributed by atoms with Crippen molar-refractivity contribution in [2.24, 2.45) is 0 Å². The van der Waals surface area contributed by atoms with Crippen molar-refractivity contribution in [1.82, 2.24) is 10.3 Å². The minimum Gasteiger partial charge on any atom is -0.493 e. The van der Waals surface area contributed by atoms with Crippen LogP contribution in [-0.4, -0.2) is 25.7 Å². The lowest BCUT2D eigenvalue weighted by Gasteiger charge is -2.14. The Labute approximate surface area is 126 Å². The van der Waals surface area contributed by atoms with Crippen molar-refractivity contribution >= 4 is 0 Å². The number of pyridine rings is 1. The van der Waals surface area contributed by atoms with E-state index < -0.39 is 0 Å². The third-order valence-electron chi connectivity index (χ3n) is 3.50. The lowest BCUT2D eigenvalue weighted by atomic mass is 10.1. The zero-order chi connectivity index (χ0) is 15.1. The van der Waals surface area contributed by atoms with Crippen LogP contribution in [0.1, 0.15) is 24.1 Å². The summed E-state index contributed by atoms with van der Waals surface area (Å²) >= 11 is 0. The summed E-state index contributed by atoms with van der Waals surface area (Å²) in [5.41, 5.74) is 2.42. The number of nitrogens with zero attached hydrogens (tertiary/aromatic N) is 1. The van der Waals surface area contributed by atoms with Gasteiger partial charge in [0.15, 0.2) is 11.5 Å². The highest BCUT2D eigenvalue weighted by molar-refractivity contribution is 5.42. The lowest BCUT2D eigenvalue weighted by Crippen LogP contribution is -2.21. The second-order valence-corrected chi connectivity index (χ2v) is 4.90. The highest BCUT2D eigenvalue weighted by Crippen LogP contribution is 2.27. The van der Waals surface area contributed by atoms with E-state index in [0.717, 1.165) is 24.5 Å². The van der Waals surface area contributed by atoms with Gasteiger partial charge in [-0.05, 0) is 49.2 Å². The molecule has 0 aliphatic carbocycles. The third kappa shape index (κ3) is 4.20. The average Bonchev–Trinajstić information content (AvgIpc) is 2.55. The molecule has 0 fully saturated rings. The number of aromatic nitrogens is 1. The van der Waals surface area contributed by atoms with E-state index in [4.69, 9.17) is 9.47 Å². The zero-order valence-corrected chi connectivity index (χ0v) is 12.8. The molecule has 1 aromatic heterocycles. The fraction of sp³-hybridized carbons (Fsp3) is 0.353. The van der Waals surface area contributed by atoms with Crippen LogP contribution in [0.15, 0.2) is 42.7 Å². The van der Waals surface area contributed by atoms with Gasteiger partial charge in [-0.3, -0.25) is 4.98 Å². The Kier molecular flexibility index (Phi) is 5.58. The molecular weight excluding hydrogens is 264 g/mol. The molecule has 0 radical (unpaired) electrons. The second kappa shape index (κ2) is 7.64. The number of benzene rings is 1. The van der Waals surface area contributed by atoms with Gasteiger partial charge in [0.25, 0.3) is 0 Å². The summed E-state index contributed by atoms with van der Waals surface area (Å²) in [7, 11) is 3.30. The molecular formula is C17H22N2O2. The van der Waals surface area contributed by atoms with Crippen LogP contribution in [-0.2, 0) is 6.42 Å². The quantitative estimate of drug-likeness (QED) is 0.849. The van der Waals surface area contributed by atoms with E-state index in [2.05, 4.69) is 29.4 Å². The number of ether oxygens (including phenoxy) is 2. The summed E-state index contributed by atoms with van der Waals surface area (Å²) in [6, 6.07) is 10.4. The molecule has 112 valence electrons. The van der Waals surface area contributed by atoms with Crippen molar-refractivity contribution in [3.8, 4) is 11.5 Å². The summed E-state index contributed by atoms with van der Waals surface area (Å²) in [6.07, 6.45) is 4.62. The maximum Gasteiger partial charge on any atom is 0.160 e. The van der Waals surface area contributed by atoms with Crippen LogP contribution in [0.5, 0.6) is 11.5 Å². The molecule has 1 heterocycles. The molecule has 0 aliphatic heterocycles. The highest BCUT2D eigenvalue weighted by Gasteiger charge is 2.06. The Hall–Kier alpha value is -2.07. The van der Waals surface area contributed by atoms with Crippen LogP contribution >= 0.6 is 0 Å². The van der Waals surface area contributed by atoms with Gasteiger partial charge >= 0.3 is 0 Å². The SMILES string of the molecule is COc1ccc(CCN[C@H](C)c2cccnc2)cc1OC. The average molecular weight is 286 g/mol. The Morgan fingerprint density at radius 3 is 2.62 bits per heavy atom. The molecule has 21 heavy (non-hydrogen) atoms. The Balaban J connectivity index is 1.89.